The molecule has 0 heterocycles. The van der Waals surface area contributed by atoms with E-state index in [0.29, 0.717) is 0 Å². The van der Waals surface area contributed by atoms with Gasteiger partial charge < -0.3 is 0 Å². The van der Waals surface area contributed by atoms with Gasteiger partial charge in [-0.25, -0.2) is 8.78 Å². The number of hydrogen-bond acceptors (Lipinski definition) is 0. The molecule has 0 N–H and O–H groups in total. The molecule has 0 bridgehead atoms. The average Bonchev–Trinajstić information content (AvgIpc) is 2.19. The Morgan fingerprint density at radius 3 is 1.80 bits per heavy atom. The first kappa shape index (κ1) is 16.8. The van der Waals surface area contributed by atoms with Crippen molar-refractivity contribution in [2.24, 2.45) is 0 Å². The van der Waals surface area contributed by atoms with Crippen molar-refractivity contribution in [1.29, 1.82) is 0 Å². The summed E-state index contributed by atoms with van der Waals surface area (Å²) in [6.07, 6.45) is 1.25. The highest BCUT2D eigenvalue weighted by Gasteiger charge is 2.03. The number of halogens is 3. The van der Waals surface area contributed by atoms with E-state index in [4.69, 9.17) is 11.6 Å². The number of aryl methyl sites for hydroxylation is 1. The highest BCUT2D eigenvalue weighted by molar-refractivity contribution is 6.30. The minimum Gasteiger partial charge on any atom is -0.207 e. The van der Waals surface area contributed by atoms with Crippen LogP contribution in [0.25, 0.3) is 0 Å². The van der Waals surface area contributed by atoms with Gasteiger partial charge in [0.1, 0.15) is 11.6 Å². The fourth-order valence-corrected chi connectivity index (χ4v) is 0.772. The van der Waals surface area contributed by atoms with E-state index in [9.17, 15) is 8.78 Å². The lowest BCUT2D eigenvalue weighted by molar-refractivity contribution is 0.593. The van der Waals surface area contributed by atoms with E-state index in [2.05, 4.69) is 13.8 Å². The van der Waals surface area contributed by atoms with Gasteiger partial charge in [0, 0.05) is 0 Å². The van der Waals surface area contributed by atoms with Crippen molar-refractivity contribution in [3.05, 3.63) is 34.4 Å². The Kier molecular flexibility index (Phi) is 11.1. The van der Waals surface area contributed by atoms with Crippen LogP contribution in [0.1, 0.15) is 39.7 Å². The first-order chi connectivity index (χ1) is 7.02. The van der Waals surface area contributed by atoms with Crippen LogP contribution in [0.3, 0.4) is 0 Å². The topological polar surface area (TPSA) is 0 Å². The lowest BCUT2D eigenvalue weighted by atomic mass is 10.2. The molecule has 15 heavy (non-hydrogen) atoms. The van der Waals surface area contributed by atoms with Crippen LogP contribution in [0.15, 0.2) is 12.1 Å². The maximum absolute atomic E-state index is 12.5. The molecule has 3 heteroatoms. The molecule has 0 fully saturated rings. The smallest absolute Gasteiger partial charge is 0.142 e. The third kappa shape index (κ3) is 7.32. The molecule has 88 valence electrons. The van der Waals surface area contributed by atoms with E-state index >= 15 is 0 Å². The zero-order chi connectivity index (χ0) is 12.4. The SMILES string of the molecule is CC.CCC.Cc1cc(F)c(Cl)cc1F. The molecule has 1 aromatic rings. The van der Waals surface area contributed by atoms with Gasteiger partial charge in [-0.2, -0.15) is 0 Å². The van der Waals surface area contributed by atoms with Crippen LogP contribution in [0.4, 0.5) is 8.78 Å². The van der Waals surface area contributed by atoms with E-state index in [0.717, 1.165) is 12.1 Å². The van der Waals surface area contributed by atoms with Gasteiger partial charge in [0.2, 0.25) is 0 Å². The molecule has 1 rings (SSSR count). The van der Waals surface area contributed by atoms with Crippen molar-refractivity contribution >= 4 is 11.6 Å². The second kappa shape index (κ2) is 9.91. The van der Waals surface area contributed by atoms with Crippen molar-refractivity contribution in [2.75, 3.05) is 0 Å². The quantitative estimate of drug-likeness (QED) is 0.532. The number of benzene rings is 1. The molecule has 0 amide bonds. The maximum atomic E-state index is 12.5. The molecule has 0 nitrogen and oxygen atoms in total. The largest absolute Gasteiger partial charge is 0.207 e. The Morgan fingerprint density at radius 1 is 1.07 bits per heavy atom. The third-order valence-electron chi connectivity index (χ3n) is 1.20. The summed E-state index contributed by atoms with van der Waals surface area (Å²) in [6, 6.07) is 2.03. The van der Waals surface area contributed by atoms with Crippen LogP contribution in [-0.4, -0.2) is 0 Å². The Morgan fingerprint density at radius 2 is 1.47 bits per heavy atom. The summed E-state index contributed by atoms with van der Waals surface area (Å²) in [5.74, 6) is -1.06. The van der Waals surface area contributed by atoms with Crippen molar-refractivity contribution < 1.29 is 8.78 Å². The summed E-state index contributed by atoms with van der Waals surface area (Å²) in [6.45, 7) is 9.73. The van der Waals surface area contributed by atoms with E-state index < -0.39 is 11.6 Å². The normalized spacial score (nSPS) is 8.27. The zero-order valence-electron chi connectivity index (χ0n) is 10.00. The fraction of sp³-hybridized carbons (Fsp3) is 0.500. The van der Waals surface area contributed by atoms with Gasteiger partial charge in [-0.05, 0) is 24.6 Å². The molecule has 0 unspecified atom stereocenters. The molecule has 0 saturated heterocycles. The summed E-state index contributed by atoms with van der Waals surface area (Å²) in [7, 11) is 0. The summed E-state index contributed by atoms with van der Waals surface area (Å²) < 4.78 is 25.0. The van der Waals surface area contributed by atoms with Crippen molar-refractivity contribution in [1.82, 2.24) is 0 Å². The molecule has 1 aromatic carbocycles. The minimum atomic E-state index is -0.583. The van der Waals surface area contributed by atoms with Gasteiger partial charge >= 0.3 is 0 Å². The Balaban J connectivity index is 0. The van der Waals surface area contributed by atoms with E-state index in [1.165, 1.54) is 13.3 Å². The third-order valence-corrected chi connectivity index (χ3v) is 1.49. The molecule has 0 saturated carbocycles. The lowest BCUT2D eigenvalue weighted by Gasteiger charge is -1.96. The molecule has 0 radical (unpaired) electrons. The zero-order valence-corrected chi connectivity index (χ0v) is 10.8. The molecule has 0 aliphatic rings. The van der Waals surface area contributed by atoms with Crippen LogP contribution in [0.2, 0.25) is 5.02 Å². The van der Waals surface area contributed by atoms with Crippen LogP contribution >= 0.6 is 11.6 Å². The Hall–Kier alpha value is -0.630. The summed E-state index contributed by atoms with van der Waals surface area (Å²) in [5.41, 5.74) is 0.266. The molecule has 0 aliphatic carbocycles. The molecule has 0 aliphatic heterocycles. The molecule has 0 spiro atoms. The monoisotopic (exact) mass is 236 g/mol. The van der Waals surface area contributed by atoms with Crippen molar-refractivity contribution in [3.8, 4) is 0 Å². The van der Waals surface area contributed by atoms with Crippen LogP contribution in [0.5, 0.6) is 0 Å². The standard InChI is InChI=1S/C7H5ClF2.C3H8.C2H6/c1-4-2-7(10)5(8)3-6(4)9;1-3-2;1-2/h2-3H,1H3;3H2,1-2H3;1-2H3. The van der Waals surface area contributed by atoms with Gasteiger partial charge in [-0.3, -0.25) is 0 Å². The van der Waals surface area contributed by atoms with E-state index in [1.807, 2.05) is 13.8 Å². The van der Waals surface area contributed by atoms with Gasteiger partial charge in [-0.1, -0.05) is 45.7 Å². The summed E-state index contributed by atoms with van der Waals surface area (Å²) in [4.78, 5) is 0. The maximum Gasteiger partial charge on any atom is 0.142 e. The van der Waals surface area contributed by atoms with E-state index in [-0.39, 0.29) is 10.6 Å². The highest BCUT2D eigenvalue weighted by atomic mass is 35.5. The number of hydrogen-bond donors (Lipinski definition) is 0. The first-order valence-electron chi connectivity index (χ1n) is 5.14. The predicted octanol–water partition coefficient (Wildman–Crippen LogP) is 5.37. The minimum absolute atomic E-state index is 0.178. The Bertz CT molecular complexity index is 222. The van der Waals surface area contributed by atoms with E-state index in [1.54, 1.807) is 0 Å². The molecule has 0 atom stereocenters. The number of rotatable bonds is 0. The second-order valence-corrected chi connectivity index (χ2v) is 3.13. The fourth-order valence-electron chi connectivity index (χ4n) is 0.622. The lowest BCUT2D eigenvalue weighted by Crippen LogP contribution is -1.84. The van der Waals surface area contributed by atoms with Gasteiger partial charge in [0.15, 0.2) is 0 Å². The van der Waals surface area contributed by atoms with Crippen molar-refractivity contribution in [2.45, 2.75) is 41.0 Å². The molecular formula is C12H19ClF2. The molecular weight excluding hydrogens is 218 g/mol. The highest BCUT2D eigenvalue weighted by Crippen LogP contribution is 2.17. The van der Waals surface area contributed by atoms with Crippen LogP contribution in [-0.2, 0) is 0 Å². The first-order valence-corrected chi connectivity index (χ1v) is 5.51. The van der Waals surface area contributed by atoms with Crippen LogP contribution in [0, 0.1) is 18.6 Å². The average molecular weight is 237 g/mol. The van der Waals surface area contributed by atoms with Gasteiger partial charge in [-0.15, -0.1) is 0 Å². The predicted molar refractivity (Wildman–Crippen MR) is 63.4 cm³/mol. The molecule has 0 aromatic heterocycles. The van der Waals surface area contributed by atoms with Gasteiger partial charge in [0.25, 0.3) is 0 Å². The van der Waals surface area contributed by atoms with Gasteiger partial charge in [0.05, 0.1) is 5.02 Å². The Labute approximate surface area is 96.3 Å². The summed E-state index contributed by atoms with van der Waals surface area (Å²) in [5, 5.41) is -0.178. The van der Waals surface area contributed by atoms with Crippen molar-refractivity contribution in [3.63, 3.8) is 0 Å². The summed E-state index contributed by atoms with van der Waals surface area (Å²) >= 11 is 5.27. The van der Waals surface area contributed by atoms with Crippen LogP contribution < -0.4 is 0 Å². The second-order valence-electron chi connectivity index (χ2n) is 2.72.